The largest absolute Gasteiger partial charge is 0.280 e. The summed E-state index contributed by atoms with van der Waals surface area (Å²) in [5.41, 5.74) is 0. The molecule has 0 amide bonds. The first-order valence-electron chi connectivity index (χ1n) is 4.61. The number of sulfonamides is 1. The van der Waals surface area contributed by atoms with Crippen molar-refractivity contribution in [2.45, 2.75) is 5.03 Å². The van der Waals surface area contributed by atoms with Gasteiger partial charge in [0.05, 0.1) is 6.20 Å². The van der Waals surface area contributed by atoms with E-state index in [9.17, 15) is 8.42 Å². The van der Waals surface area contributed by atoms with Crippen LogP contribution in [0.5, 0.6) is 0 Å². The van der Waals surface area contributed by atoms with E-state index in [1.165, 1.54) is 23.1 Å². The molecule has 1 N–H and O–H groups in total. The van der Waals surface area contributed by atoms with Crippen molar-refractivity contribution in [3.63, 3.8) is 0 Å². The average molecular weight is 317 g/mol. The topological polar surface area (TPSA) is 76.9 Å². The van der Waals surface area contributed by atoms with Gasteiger partial charge in [-0.3, -0.25) is 9.40 Å². The van der Waals surface area contributed by atoms with Crippen LogP contribution in [0, 0.1) is 0 Å². The van der Waals surface area contributed by atoms with Crippen LogP contribution < -0.4 is 4.72 Å². The van der Waals surface area contributed by atoms with Gasteiger partial charge in [0.2, 0.25) is 0 Å². The molecule has 2 aromatic rings. The summed E-state index contributed by atoms with van der Waals surface area (Å²) in [6.45, 7) is 0. The summed E-state index contributed by atoms with van der Waals surface area (Å²) in [5.74, 6) is 0.259. The van der Waals surface area contributed by atoms with Gasteiger partial charge in [0.1, 0.15) is 5.82 Å². The number of nitrogens with one attached hydrogen (secondary N) is 1. The molecular weight excluding hydrogens is 308 g/mol. The molecular formula is C9H9BrN4O2S. The average Bonchev–Trinajstić information content (AvgIpc) is 2.68. The van der Waals surface area contributed by atoms with Crippen LogP contribution in [0.2, 0.25) is 0 Å². The van der Waals surface area contributed by atoms with Crippen LogP contribution in [0.3, 0.4) is 0 Å². The molecule has 0 radical (unpaired) electrons. The molecule has 0 aromatic carbocycles. The van der Waals surface area contributed by atoms with E-state index in [1.54, 1.807) is 19.2 Å². The number of nitrogens with zero attached hydrogens (tertiary/aromatic N) is 3. The lowest BCUT2D eigenvalue weighted by atomic mass is 10.5. The number of halogens is 1. The Morgan fingerprint density at radius 1 is 1.35 bits per heavy atom. The zero-order valence-corrected chi connectivity index (χ0v) is 11.2. The molecule has 0 aliphatic heterocycles. The van der Waals surface area contributed by atoms with Crippen molar-refractivity contribution in [2.24, 2.45) is 7.05 Å². The molecule has 0 atom stereocenters. The van der Waals surface area contributed by atoms with Gasteiger partial charge in [-0.2, -0.15) is 13.5 Å². The maximum atomic E-state index is 11.9. The van der Waals surface area contributed by atoms with E-state index in [0.717, 1.165) is 4.47 Å². The van der Waals surface area contributed by atoms with E-state index >= 15 is 0 Å². The summed E-state index contributed by atoms with van der Waals surface area (Å²) < 4.78 is 28.3. The summed E-state index contributed by atoms with van der Waals surface area (Å²) in [7, 11) is -2.08. The molecule has 0 bridgehead atoms. The van der Waals surface area contributed by atoms with E-state index in [4.69, 9.17) is 0 Å². The summed E-state index contributed by atoms with van der Waals surface area (Å²) in [4.78, 5) is 3.94. The Balaban J connectivity index is 2.30. The van der Waals surface area contributed by atoms with Gasteiger partial charge in [0, 0.05) is 17.7 Å². The second-order valence-electron chi connectivity index (χ2n) is 3.26. The molecule has 0 spiro atoms. The Morgan fingerprint density at radius 2 is 2.12 bits per heavy atom. The van der Waals surface area contributed by atoms with Crippen LogP contribution in [-0.2, 0) is 17.1 Å². The monoisotopic (exact) mass is 316 g/mol. The fourth-order valence-corrected chi connectivity index (χ4v) is 2.62. The Hall–Kier alpha value is -1.41. The molecule has 0 fully saturated rings. The van der Waals surface area contributed by atoms with Crippen molar-refractivity contribution < 1.29 is 8.42 Å². The second-order valence-corrected chi connectivity index (χ2v) is 5.81. The van der Waals surface area contributed by atoms with Crippen molar-refractivity contribution in [3.05, 3.63) is 35.1 Å². The predicted molar refractivity (Wildman–Crippen MR) is 66.0 cm³/mol. The van der Waals surface area contributed by atoms with Crippen molar-refractivity contribution in [1.82, 2.24) is 14.8 Å². The molecule has 2 aromatic heterocycles. The van der Waals surface area contributed by atoms with Crippen LogP contribution >= 0.6 is 15.9 Å². The normalized spacial score (nSPS) is 11.4. The highest BCUT2D eigenvalue weighted by Gasteiger charge is 2.18. The third kappa shape index (κ3) is 2.64. The maximum Gasteiger partial charge on any atom is 0.280 e. The molecule has 0 aliphatic carbocycles. The van der Waals surface area contributed by atoms with Gasteiger partial charge in [-0.05, 0) is 34.1 Å². The summed E-state index contributed by atoms with van der Waals surface area (Å²) in [6, 6.07) is 4.69. The predicted octanol–water partition coefficient (Wildman–Crippen LogP) is 1.38. The van der Waals surface area contributed by atoms with Crippen molar-refractivity contribution >= 4 is 31.8 Å². The first-order valence-corrected chi connectivity index (χ1v) is 6.89. The molecule has 0 saturated heterocycles. The summed E-state index contributed by atoms with van der Waals surface area (Å²) in [5, 5.41) is 3.89. The van der Waals surface area contributed by atoms with Crippen LogP contribution in [-0.4, -0.2) is 23.2 Å². The van der Waals surface area contributed by atoms with E-state index in [2.05, 4.69) is 30.7 Å². The number of hydrogen-bond acceptors (Lipinski definition) is 4. The van der Waals surface area contributed by atoms with Crippen molar-refractivity contribution in [1.29, 1.82) is 0 Å². The van der Waals surface area contributed by atoms with Crippen LogP contribution in [0.25, 0.3) is 0 Å². The first kappa shape index (κ1) is 12.1. The standard InChI is InChI=1S/C9H9BrN4O2S/c1-14-9(4-5-12-14)17(15,16)13-8-3-2-7(10)6-11-8/h2-6H,1H3,(H,11,13). The molecule has 0 unspecified atom stereocenters. The molecule has 17 heavy (non-hydrogen) atoms. The van der Waals surface area contributed by atoms with Gasteiger partial charge in [-0.15, -0.1) is 0 Å². The molecule has 90 valence electrons. The smallest absolute Gasteiger partial charge is 0.262 e. The number of pyridine rings is 1. The lowest BCUT2D eigenvalue weighted by Gasteiger charge is -2.06. The molecule has 2 heterocycles. The van der Waals surface area contributed by atoms with Gasteiger partial charge in [0.15, 0.2) is 5.03 Å². The first-order chi connectivity index (χ1) is 7.99. The Labute approximate surface area is 107 Å². The zero-order chi connectivity index (χ0) is 12.5. The number of hydrogen-bond donors (Lipinski definition) is 1. The highest BCUT2D eigenvalue weighted by Crippen LogP contribution is 2.15. The number of anilines is 1. The van der Waals surface area contributed by atoms with E-state index in [0.29, 0.717) is 0 Å². The van der Waals surface area contributed by atoms with Gasteiger partial charge in [0.25, 0.3) is 10.0 Å². The van der Waals surface area contributed by atoms with Gasteiger partial charge in [-0.25, -0.2) is 4.98 Å². The summed E-state index contributed by atoms with van der Waals surface area (Å²) in [6.07, 6.45) is 2.94. The number of rotatable bonds is 3. The summed E-state index contributed by atoms with van der Waals surface area (Å²) >= 11 is 3.22. The fraction of sp³-hybridized carbons (Fsp3) is 0.111. The molecule has 0 saturated carbocycles. The maximum absolute atomic E-state index is 11.9. The minimum atomic E-state index is -3.64. The molecule has 2 rings (SSSR count). The third-order valence-electron chi connectivity index (χ3n) is 2.02. The molecule has 0 aliphatic rings. The Bertz CT molecular complexity index is 621. The molecule has 6 nitrogen and oxygen atoms in total. The van der Waals surface area contributed by atoms with Crippen LogP contribution in [0.4, 0.5) is 5.82 Å². The zero-order valence-electron chi connectivity index (χ0n) is 8.83. The lowest BCUT2D eigenvalue weighted by Crippen LogP contribution is -2.17. The third-order valence-corrected chi connectivity index (χ3v) is 3.92. The minimum Gasteiger partial charge on any atom is -0.262 e. The molecule has 8 heteroatoms. The van der Waals surface area contributed by atoms with E-state index < -0.39 is 10.0 Å². The quantitative estimate of drug-likeness (QED) is 0.928. The fourth-order valence-electron chi connectivity index (χ4n) is 1.25. The minimum absolute atomic E-state index is 0.0854. The second kappa shape index (κ2) is 4.46. The number of aromatic nitrogens is 3. The highest BCUT2D eigenvalue weighted by atomic mass is 79.9. The van der Waals surface area contributed by atoms with Crippen molar-refractivity contribution in [2.75, 3.05) is 4.72 Å². The lowest BCUT2D eigenvalue weighted by molar-refractivity contribution is 0.582. The van der Waals surface area contributed by atoms with E-state index in [-0.39, 0.29) is 10.8 Å². The van der Waals surface area contributed by atoms with E-state index in [1.807, 2.05) is 0 Å². The van der Waals surface area contributed by atoms with Gasteiger partial charge >= 0.3 is 0 Å². The Kier molecular flexibility index (Phi) is 3.16. The van der Waals surface area contributed by atoms with Crippen molar-refractivity contribution in [3.8, 4) is 0 Å². The van der Waals surface area contributed by atoms with Gasteiger partial charge in [-0.1, -0.05) is 0 Å². The Morgan fingerprint density at radius 3 is 2.65 bits per heavy atom. The van der Waals surface area contributed by atoms with Crippen LogP contribution in [0.15, 0.2) is 40.1 Å². The van der Waals surface area contributed by atoms with Gasteiger partial charge < -0.3 is 0 Å². The van der Waals surface area contributed by atoms with Crippen LogP contribution in [0.1, 0.15) is 0 Å². The SMILES string of the molecule is Cn1nccc1S(=O)(=O)Nc1ccc(Br)cn1. The number of aryl methyl sites for hydroxylation is 1. The highest BCUT2D eigenvalue weighted by molar-refractivity contribution is 9.10.